The van der Waals surface area contributed by atoms with Gasteiger partial charge in [-0.25, -0.2) is 14.2 Å². The van der Waals surface area contributed by atoms with Crippen molar-refractivity contribution in [3.63, 3.8) is 0 Å². The van der Waals surface area contributed by atoms with E-state index in [2.05, 4.69) is 4.98 Å². The number of carbonyl (C=O) groups is 1. The van der Waals surface area contributed by atoms with Crippen molar-refractivity contribution >= 4 is 11.7 Å². The van der Waals surface area contributed by atoms with Crippen LogP contribution in [0.3, 0.4) is 0 Å². The lowest BCUT2D eigenvalue weighted by atomic mass is 10.1. The number of benzene rings is 1. The van der Waals surface area contributed by atoms with E-state index in [1.807, 2.05) is 0 Å². The zero-order valence-electron chi connectivity index (χ0n) is 10.7. The lowest BCUT2D eigenvalue weighted by molar-refractivity contribution is -0.385. The van der Waals surface area contributed by atoms with Crippen molar-refractivity contribution in [1.29, 1.82) is 0 Å². The number of nitrogens with zero attached hydrogens (tertiary/aromatic N) is 2. The summed E-state index contributed by atoms with van der Waals surface area (Å²) in [5, 5.41) is 19.6. The largest absolute Gasteiger partial charge is 0.477 e. The maximum atomic E-state index is 13.7. The highest BCUT2D eigenvalue weighted by molar-refractivity contribution is 5.91. The van der Waals surface area contributed by atoms with Crippen LogP contribution in [0.4, 0.5) is 10.1 Å². The first-order chi connectivity index (χ1) is 9.90. The zero-order chi connectivity index (χ0) is 15.6. The third-order valence-corrected chi connectivity index (χ3v) is 2.67. The average Bonchev–Trinajstić information content (AvgIpc) is 2.40. The predicted molar refractivity (Wildman–Crippen MR) is 69.1 cm³/mol. The van der Waals surface area contributed by atoms with E-state index in [1.165, 1.54) is 12.3 Å². The molecule has 0 atom stereocenters. The summed E-state index contributed by atoms with van der Waals surface area (Å²) in [6, 6.07) is 4.26. The minimum atomic E-state index is -1.27. The number of ether oxygens (including phenoxy) is 1. The van der Waals surface area contributed by atoms with Gasteiger partial charge in [-0.3, -0.25) is 10.1 Å². The lowest BCUT2D eigenvalue weighted by Gasteiger charge is -2.09. The number of hydrogen-bond acceptors (Lipinski definition) is 5. The van der Waals surface area contributed by atoms with E-state index >= 15 is 0 Å². The molecule has 0 fully saturated rings. The Bertz CT molecular complexity index is 732. The third kappa shape index (κ3) is 2.94. The molecule has 7 nitrogen and oxygen atoms in total. The van der Waals surface area contributed by atoms with Crippen LogP contribution >= 0.6 is 0 Å². The maximum absolute atomic E-state index is 13.7. The fourth-order valence-corrected chi connectivity index (χ4v) is 1.66. The third-order valence-electron chi connectivity index (χ3n) is 2.67. The van der Waals surface area contributed by atoms with Gasteiger partial charge >= 0.3 is 5.97 Å². The molecule has 0 unspecified atom stereocenters. The van der Waals surface area contributed by atoms with E-state index in [1.54, 1.807) is 6.92 Å². The van der Waals surface area contributed by atoms with E-state index in [0.717, 1.165) is 12.1 Å². The van der Waals surface area contributed by atoms with Crippen molar-refractivity contribution < 1.29 is 24.0 Å². The summed E-state index contributed by atoms with van der Waals surface area (Å²) in [5.41, 5.74) is -0.236. The first kappa shape index (κ1) is 14.4. The normalized spacial score (nSPS) is 10.2. The summed E-state index contributed by atoms with van der Waals surface area (Å²) >= 11 is 0. The summed E-state index contributed by atoms with van der Waals surface area (Å²) < 4.78 is 18.9. The highest BCUT2D eigenvalue weighted by Crippen LogP contribution is 2.29. The van der Waals surface area contributed by atoms with Gasteiger partial charge in [0.2, 0.25) is 5.88 Å². The Balaban J connectivity index is 2.42. The second-order valence-corrected chi connectivity index (χ2v) is 4.09. The molecule has 0 saturated carbocycles. The second-order valence-electron chi connectivity index (χ2n) is 4.09. The number of nitro benzene ring substituents is 1. The van der Waals surface area contributed by atoms with Crippen molar-refractivity contribution in [2.45, 2.75) is 6.92 Å². The van der Waals surface area contributed by atoms with Gasteiger partial charge in [-0.05, 0) is 24.6 Å². The fraction of sp³-hybridized carbons (Fsp3) is 0.0769. The monoisotopic (exact) mass is 292 g/mol. The van der Waals surface area contributed by atoms with Gasteiger partial charge in [0.05, 0.1) is 11.0 Å². The first-order valence-electron chi connectivity index (χ1n) is 5.71. The molecule has 8 heteroatoms. The summed E-state index contributed by atoms with van der Waals surface area (Å²) in [5.74, 6) is -2.88. The molecule has 1 N–H and O–H groups in total. The van der Waals surface area contributed by atoms with Crippen LogP contribution in [-0.2, 0) is 0 Å². The molecular formula is C13H9FN2O5. The minimum absolute atomic E-state index is 0.199. The summed E-state index contributed by atoms with van der Waals surface area (Å²) in [6.07, 6.45) is 1.32. The number of non-ortho nitro benzene ring substituents is 1. The van der Waals surface area contributed by atoms with E-state index in [0.29, 0.717) is 11.6 Å². The second kappa shape index (κ2) is 5.53. The summed E-state index contributed by atoms with van der Waals surface area (Å²) in [7, 11) is 0. The van der Waals surface area contributed by atoms with Crippen molar-refractivity contribution in [2.24, 2.45) is 0 Å². The number of aryl methyl sites for hydroxylation is 1. The van der Waals surface area contributed by atoms with Crippen LogP contribution in [-0.4, -0.2) is 21.0 Å². The molecule has 108 valence electrons. The summed E-state index contributed by atoms with van der Waals surface area (Å²) in [4.78, 5) is 24.7. The van der Waals surface area contributed by atoms with Crippen molar-refractivity contribution in [1.82, 2.24) is 4.98 Å². The molecule has 0 saturated heterocycles. The average molecular weight is 292 g/mol. The SMILES string of the molecule is Cc1ccnc(Oc2ccc([N+](=O)[O-])cc2F)c1C(=O)O. The van der Waals surface area contributed by atoms with Gasteiger partial charge in [0.15, 0.2) is 11.6 Å². The summed E-state index contributed by atoms with van der Waals surface area (Å²) in [6.45, 7) is 1.55. The zero-order valence-corrected chi connectivity index (χ0v) is 10.7. The molecule has 0 radical (unpaired) electrons. The van der Waals surface area contributed by atoms with Crippen molar-refractivity contribution in [3.05, 3.63) is 57.5 Å². The molecular weight excluding hydrogens is 283 g/mol. The lowest BCUT2D eigenvalue weighted by Crippen LogP contribution is -2.05. The van der Waals surface area contributed by atoms with Crippen LogP contribution in [0, 0.1) is 22.9 Å². The van der Waals surface area contributed by atoms with Crippen LogP contribution in [0.5, 0.6) is 11.6 Å². The molecule has 0 aliphatic rings. The Morgan fingerprint density at radius 1 is 1.43 bits per heavy atom. The van der Waals surface area contributed by atoms with Gasteiger partial charge in [-0.2, -0.15) is 0 Å². The number of halogens is 1. The number of hydrogen-bond donors (Lipinski definition) is 1. The molecule has 1 aromatic heterocycles. The topological polar surface area (TPSA) is 103 Å². The first-order valence-corrected chi connectivity index (χ1v) is 5.71. The van der Waals surface area contributed by atoms with E-state index in [4.69, 9.17) is 9.84 Å². The van der Waals surface area contributed by atoms with Crippen LogP contribution in [0.1, 0.15) is 15.9 Å². The van der Waals surface area contributed by atoms with Crippen LogP contribution in [0.25, 0.3) is 0 Å². The standard InChI is InChI=1S/C13H9FN2O5/c1-7-4-5-15-12(11(7)13(17)18)21-10-3-2-8(16(19)20)6-9(10)14/h2-6H,1H3,(H,17,18). The molecule has 0 aliphatic carbocycles. The molecule has 2 aromatic rings. The van der Waals surface area contributed by atoms with Crippen molar-refractivity contribution in [2.75, 3.05) is 0 Å². The van der Waals surface area contributed by atoms with Gasteiger partial charge in [-0.15, -0.1) is 0 Å². The molecule has 0 bridgehead atoms. The molecule has 0 aliphatic heterocycles. The van der Waals surface area contributed by atoms with E-state index < -0.39 is 22.4 Å². The number of carboxylic acid groups (broad SMARTS) is 1. The number of rotatable bonds is 4. The van der Waals surface area contributed by atoms with Gasteiger partial charge in [0.1, 0.15) is 5.56 Å². The minimum Gasteiger partial charge on any atom is -0.477 e. The number of nitro groups is 1. The quantitative estimate of drug-likeness (QED) is 0.686. The Labute approximate surface area is 117 Å². The maximum Gasteiger partial charge on any atom is 0.341 e. The fourth-order valence-electron chi connectivity index (χ4n) is 1.66. The Hall–Kier alpha value is -3.03. The number of carboxylic acids is 1. The van der Waals surface area contributed by atoms with Gasteiger partial charge in [-0.1, -0.05) is 0 Å². The van der Waals surface area contributed by atoms with E-state index in [9.17, 15) is 19.3 Å². The highest BCUT2D eigenvalue weighted by atomic mass is 19.1. The Kier molecular flexibility index (Phi) is 3.79. The molecule has 0 amide bonds. The number of aromatic carboxylic acids is 1. The van der Waals surface area contributed by atoms with Gasteiger partial charge in [0.25, 0.3) is 5.69 Å². The van der Waals surface area contributed by atoms with Gasteiger partial charge < -0.3 is 9.84 Å². The smallest absolute Gasteiger partial charge is 0.341 e. The molecule has 1 aromatic carbocycles. The van der Waals surface area contributed by atoms with Gasteiger partial charge in [0, 0.05) is 12.3 Å². The predicted octanol–water partition coefficient (Wildman–Crippen LogP) is 2.93. The van der Waals surface area contributed by atoms with Crippen LogP contribution in [0.15, 0.2) is 30.5 Å². The van der Waals surface area contributed by atoms with Crippen LogP contribution < -0.4 is 4.74 Å². The molecule has 0 spiro atoms. The number of pyridine rings is 1. The highest BCUT2D eigenvalue weighted by Gasteiger charge is 2.19. The molecule has 21 heavy (non-hydrogen) atoms. The van der Waals surface area contributed by atoms with Crippen LogP contribution in [0.2, 0.25) is 0 Å². The van der Waals surface area contributed by atoms with E-state index in [-0.39, 0.29) is 17.2 Å². The molecule has 1 heterocycles. The molecule has 2 rings (SSSR count). The number of aromatic nitrogens is 1. The van der Waals surface area contributed by atoms with Crippen molar-refractivity contribution in [3.8, 4) is 11.6 Å². The Morgan fingerprint density at radius 3 is 2.71 bits per heavy atom. The Morgan fingerprint density at radius 2 is 2.14 bits per heavy atom.